The molecule has 6 nitrogen and oxygen atoms in total. The number of carbonyl (C=O) groups is 2. The Kier molecular flexibility index (Phi) is 6.00. The fraction of sp³-hybridized carbons (Fsp3) is 0.176. The Hall–Kier alpha value is -2.58. The van der Waals surface area contributed by atoms with Crippen molar-refractivity contribution in [1.29, 1.82) is 0 Å². The minimum atomic E-state index is -3.72. The molecule has 25 heavy (non-hydrogen) atoms. The molecule has 0 aliphatic heterocycles. The SMILES string of the molecule is CCNS(=O)(=O)c1cccc(C(=O)OCC(=O)c2ccccc2F)c1. The van der Waals surface area contributed by atoms with Gasteiger partial charge in [-0.2, -0.15) is 0 Å². The highest BCUT2D eigenvalue weighted by Gasteiger charge is 2.18. The molecule has 0 fully saturated rings. The number of hydrogen-bond donors (Lipinski definition) is 1. The van der Waals surface area contributed by atoms with Crippen LogP contribution in [0.4, 0.5) is 4.39 Å². The minimum absolute atomic E-state index is 0.0275. The highest BCUT2D eigenvalue weighted by Crippen LogP contribution is 2.13. The van der Waals surface area contributed by atoms with E-state index in [0.717, 1.165) is 12.1 Å². The third kappa shape index (κ3) is 4.71. The second-order valence-corrected chi connectivity index (χ2v) is 6.78. The fourth-order valence-electron chi connectivity index (χ4n) is 2.04. The molecule has 2 aromatic carbocycles. The van der Waals surface area contributed by atoms with Crippen molar-refractivity contribution in [1.82, 2.24) is 4.72 Å². The number of rotatable bonds is 7. The molecular formula is C17H16FNO5S. The summed E-state index contributed by atoms with van der Waals surface area (Å²) in [5, 5.41) is 0. The molecule has 0 saturated carbocycles. The lowest BCUT2D eigenvalue weighted by atomic mass is 10.1. The molecule has 2 aromatic rings. The van der Waals surface area contributed by atoms with E-state index >= 15 is 0 Å². The van der Waals surface area contributed by atoms with Gasteiger partial charge in [0, 0.05) is 6.54 Å². The molecule has 0 radical (unpaired) electrons. The van der Waals surface area contributed by atoms with Gasteiger partial charge >= 0.3 is 5.97 Å². The zero-order valence-corrected chi connectivity index (χ0v) is 14.2. The van der Waals surface area contributed by atoms with Crippen molar-refractivity contribution in [3.05, 3.63) is 65.5 Å². The van der Waals surface area contributed by atoms with E-state index in [1.165, 1.54) is 36.4 Å². The normalized spacial score (nSPS) is 11.1. The summed E-state index contributed by atoms with van der Waals surface area (Å²) in [6, 6.07) is 10.6. The van der Waals surface area contributed by atoms with Crippen LogP contribution in [0.1, 0.15) is 27.6 Å². The van der Waals surface area contributed by atoms with Crippen molar-refractivity contribution in [3.63, 3.8) is 0 Å². The van der Waals surface area contributed by atoms with Crippen LogP contribution in [0.2, 0.25) is 0 Å². The van der Waals surface area contributed by atoms with Crippen molar-refractivity contribution in [2.75, 3.05) is 13.2 Å². The van der Waals surface area contributed by atoms with E-state index in [4.69, 9.17) is 4.74 Å². The van der Waals surface area contributed by atoms with Crippen molar-refractivity contribution in [2.45, 2.75) is 11.8 Å². The topological polar surface area (TPSA) is 89.5 Å². The first-order valence-electron chi connectivity index (χ1n) is 7.39. The van der Waals surface area contributed by atoms with Crippen molar-refractivity contribution in [2.24, 2.45) is 0 Å². The number of hydrogen-bond acceptors (Lipinski definition) is 5. The maximum atomic E-state index is 13.5. The first-order chi connectivity index (χ1) is 11.8. The Morgan fingerprint density at radius 3 is 2.52 bits per heavy atom. The van der Waals surface area contributed by atoms with E-state index in [1.54, 1.807) is 6.92 Å². The van der Waals surface area contributed by atoms with Gasteiger partial charge in [-0.1, -0.05) is 25.1 Å². The second kappa shape index (κ2) is 8.00. The Labute approximate surface area is 144 Å². The molecule has 0 spiro atoms. The Bertz CT molecular complexity index is 895. The van der Waals surface area contributed by atoms with Crippen LogP contribution in [0, 0.1) is 5.82 Å². The highest BCUT2D eigenvalue weighted by atomic mass is 32.2. The molecule has 1 N–H and O–H groups in total. The molecule has 0 atom stereocenters. The molecule has 132 valence electrons. The van der Waals surface area contributed by atoms with Crippen LogP contribution in [0.15, 0.2) is 53.4 Å². The summed E-state index contributed by atoms with van der Waals surface area (Å²) in [5.74, 6) is -2.27. The van der Waals surface area contributed by atoms with Gasteiger partial charge in [0.25, 0.3) is 0 Å². The maximum absolute atomic E-state index is 13.5. The van der Waals surface area contributed by atoms with Crippen molar-refractivity contribution < 1.29 is 27.1 Å². The molecule has 0 bridgehead atoms. The maximum Gasteiger partial charge on any atom is 0.338 e. The minimum Gasteiger partial charge on any atom is -0.454 e. The van der Waals surface area contributed by atoms with E-state index in [2.05, 4.69) is 4.72 Å². The molecule has 0 aromatic heterocycles. The number of Topliss-reactive ketones (excluding diaryl/α,β-unsaturated/α-hetero) is 1. The molecule has 0 amide bonds. The van der Waals surface area contributed by atoms with Crippen molar-refractivity contribution >= 4 is 21.8 Å². The van der Waals surface area contributed by atoms with Gasteiger partial charge in [0.15, 0.2) is 6.61 Å². The van der Waals surface area contributed by atoms with Crippen LogP contribution in [-0.4, -0.2) is 33.3 Å². The lowest BCUT2D eigenvalue weighted by Gasteiger charge is -2.08. The number of ketones is 1. The van der Waals surface area contributed by atoms with Gasteiger partial charge in [0.2, 0.25) is 15.8 Å². The van der Waals surface area contributed by atoms with Crippen molar-refractivity contribution in [3.8, 4) is 0 Å². The van der Waals surface area contributed by atoms with Gasteiger partial charge < -0.3 is 4.74 Å². The number of sulfonamides is 1. The van der Waals surface area contributed by atoms with E-state index in [-0.39, 0.29) is 22.6 Å². The summed E-state index contributed by atoms with van der Waals surface area (Å²) in [4.78, 5) is 23.8. The quantitative estimate of drug-likeness (QED) is 0.600. The molecule has 0 saturated heterocycles. The van der Waals surface area contributed by atoms with Crippen LogP contribution in [0.25, 0.3) is 0 Å². The Morgan fingerprint density at radius 1 is 1.12 bits per heavy atom. The third-order valence-corrected chi connectivity index (χ3v) is 4.77. The third-order valence-electron chi connectivity index (χ3n) is 3.22. The molecule has 8 heteroatoms. The van der Waals surface area contributed by atoms with Gasteiger partial charge in [-0.05, 0) is 30.3 Å². The average Bonchev–Trinajstić information content (AvgIpc) is 2.60. The van der Waals surface area contributed by atoms with E-state index in [0.29, 0.717) is 0 Å². The summed E-state index contributed by atoms with van der Waals surface area (Å²) in [7, 11) is -3.72. The lowest BCUT2D eigenvalue weighted by molar-refractivity contribution is 0.0473. The number of halogens is 1. The predicted octanol–water partition coefficient (Wildman–Crippen LogP) is 2.16. The summed E-state index contributed by atoms with van der Waals surface area (Å²) in [5.41, 5.74) is -0.209. The first-order valence-corrected chi connectivity index (χ1v) is 8.88. The standard InChI is InChI=1S/C17H16FNO5S/c1-2-19-25(22,23)13-7-5-6-12(10-13)17(21)24-11-16(20)14-8-3-4-9-15(14)18/h3-10,19H,2,11H2,1H3. The molecule has 0 aliphatic rings. The van der Waals surface area contributed by atoms with Crippen LogP contribution in [0.3, 0.4) is 0 Å². The zero-order chi connectivity index (χ0) is 18.4. The van der Waals surface area contributed by atoms with Gasteiger partial charge in [-0.25, -0.2) is 22.3 Å². The summed E-state index contributed by atoms with van der Waals surface area (Å²) >= 11 is 0. The second-order valence-electron chi connectivity index (χ2n) is 5.01. The Balaban J connectivity index is 2.09. The highest BCUT2D eigenvalue weighted by molar-refractivity contribution is 7.89. The predicted molar refractivity (Wildman–Crippen MR) is 88.3 cm³/mol. The molecule has 0 aliphatic carbocycles. The average molecular weight is 365 g/mol. The van der Waals surface area contributed by atoms with Crippen LogP contribution in [-0.2, 0) is 14.8 Å². The lowest BCUT2D eigenvalue weighted by Crippen LogP contribution is -2.23. The van der Waals surface area contributed by atoms with Gasteiger partial charge in [0.05, 0.1) is 16.0 Å². The Morgan fingerprint density at radius 2 is 1.84 bits per heavy atom. The van der Waals surface area contributed by atoms with Gasteiger partial charge in [0.1, 0.15) is 5.82 Å². The zero-order valence-electron chi connectivity index (χ0n) is 13.4. The van der Waals surface area contributed by atoms with Crippen LogP contribution in [0.5, 0.6) is 0 Å². The largest absolute Gasteiger partial charge is 0.454 e. The number of ether oxygens (including phenoxy) is 1. The molecule has 0 heterocycles. The van der Waals surface area contributed by atoms with Gasteiger partial charge in [-0.3, -0.25) is 4.79 Å². The summed E-state index contributed by atoms with van der Waals surface area (Å²) in [6.45, 7) is 1.18. The molecule has 2 rings (SSSR count). The van der Waals surface area contributed by atoms with Gasteiger partial charge in [-0.15, -0.1) is 0 Å². The number of benzene rings is 2. The first kappa shape index (κ1) is 18.8. The van der Waals surface area contributed by atoms with E-state index in [1.807, 2.05) is 0 Å². The summed E-state index contributed by atoms with van der Waals surface area (Å²) in [6.07, 6.45) is 0. The fourth-order valence-corrected chi connectivity index (χ4v) is 3.13. The van der Waals surface area contributed by atoms with Crippen LogP contribution >= 0.6 is 0 Å². The van der Waals surface area contributed by atoms with E-state index in [9.17, 15) is 22.4 Å². The smallest absolute Gasteiger partial charge is 0.338 e. The monoisotopic (exact) mass is 365 g/mol. The summed E-state index contributed by atoms with van der Waals surface area (Å²) < 4.78 is 44.5. The van der Waals surface area contributed by atoms with Crippen LogP contribution < -0.4 is 4.72 Å². The van der Waals surface area contributed by atoms with E-state index < -0.39 is 34.2 Å². The number of esters is 1. The molecule has 0 unspecified atom stereocenters. The number of nitrogens with one attached hydrogen (secondary N) is 1. The number of carbonyl (C=O) groups excluding carboxylic acids is 2. The molecular weight excluding hydrogens is 349 g/mol.